The minimum Gasteiger partial charge on any atom is -0.487 e. The maximum absolute atomic E-state index is 12.9. The van der Waals surface area contributed by atoms with Crippen LogP contribution in [0.2, 0.25) is 10.0 Å². The van der Waals surface area contributed by atoms with Crippen LogP contribution in [-0.2, 0) is 16.2 Å². The first-order chi connectivity index (χ1) is 19.3. The molecular weight excluding hydrogens is 551 g/mol. The van der Waals surface area contributed by atoms with Gasteiger partial charge in [-0.25, -0.2) is 9.97 Å². The number of amides is 2. The Bertz CT molecular complexity index is 1560. The van der Waals surface area contributed by atoms with Gasteiger partial charge in [0.1, 0.15) is 17.9 Å². The molecule has 206 valence electrons. The summed E-state index contributed by atoms with van der Waals surface area (Å²) in [7, 11) is 1.58. The molecule has 0 spiro atoms. The van der Waals surface area contributed by atoms with Crippen LogP contribution in [0.4, 0.5) is 5.69 Å². The zero-order chi connectivity index (χ0) is 28.6. The molecule has 10 heteroatoms. The molecule has 8 nitrogen and oxygen atoms in total. The van der Waals surface area contributed by atoms with Crippen LogP contribution < -0.4 is 19.7 Å². The molecule has 0 aliphatic carbocycles. The Hall–Kier alpha value is -4.14. The monoisotopic (exact) mass is 578 g/mol. The van der Waals surface area contributed by atoms with E-state index in [2.05, 4.69) is 15.3 Å². The quantitative estimate of drug-likeness (QED) is 0.231. The van der Waals surface area contributed by atoms with Gasteiger partial charge in [0.15, 0.2) is 0 Å². The molecule has 0 unspecified atom stereocenters. The zero-order valence-electron chi connectivity index (χ0n) is 22.3. The van der Waals surface area contributed by atoms with Crippen LogP contribution in [0, 0.1) is 6.92 Å². The number of rotatable bonds is 10. The lowest BCUT2D eigenvalue weighted by atomic mass is 10.1. The molecule has 40 heavy (non-hydrogen) atoms. The second kappa shape index (κ2) is 13.3. The number of aromatic nitrogens is 2. The molecule has 2 heterocycles. The van der Waals surface area contributed by atoms with Crippen LogP contribution in [0.3, 0.4) is 0 Å². The molecule has 0 radical (unpaired) electrons. The van der Waals surface area contributed by atoms with Crippen molar-refractivity contribution in [2.24, 2.45) is 0 Å². The first-order valence-corrected chi connectivity index (χ1v) is 13.3. The van der Waals surface area contributed by atoms with Gasteiger partial charge in [-0.15, -0.1) is 0 Å². The molecule has 1 N–H and O–H groups in total. The lowest BCUT2D eigenvalue weighted by molar-refractivity contribution is -0.122. The Morgan fingerprint density at radius 1 is 1.05 bits per heavy atom. The van der Waals surface area contributed by atoms with Crippen LogP contribution in [0.5, 0.6) is 11.6 Å². The van der Waals surface area contributed by atoms with E-state index in [9.17, 15) is 9.59 Å². The summed E-state index contributed by atoms with van der Waals surface area (Å²) in [6.07, 6.45) is 4.52. The van der Waals surface area contributed by atoms with Gasteiger partial charge in [0.2, 0.25) is 17.7 Å². The highest BCUT2D eigenvalue weighted by Crippen LogP contribution is 2.35. The number of para-hydroxylation sites is 1. The molecule has 2 aromatic carbocycles. The molecule has 0 aliphatic heterocycles. The van der Waals surface area contributed by atoms with E-state index in [0.29, 0.717) is 34.5 Å². The van der Waals surface area contributed by atoms with Crippen molar-refractivity contribution < 1.29 is 19.1 Å². The number of aryl methyl sites for hydroxylation is 1. The second-order valence-corrected chi connectivity index (χ2v) is 9.58. The second-order valence-electron chi connectivity index (χ2n) is 8.79. The largest absolute Gasteiger partial charge is 0.487 e. The Morgan fingerprint density at radius 2 is 1.88 bits per heavy atom. The van der Waals surface area contributed by atoms with Crippen molar-refractivity contribution >= 4 is 57.7 Å². The number of nitrogens with zero attached hydrogens (tertiary/aromatic N) is 3. The summed E-state index contributed by atoms with van der Waals surface area (Å²) in [6.45, 7) is 4.15. The van der Waals surface area contributed by atoms with Crippen LogP contribution in [-0.4, -0.2) is 42.0 Å². The van der Waals surface area contributed by atoms with Gasteiger partial charge in [0, 0.05) is 47.1 Å². The van der Waals surface area contributed by atoms with Gasteiger partial charge in [0.05, 0.1) is 23.9 Å². The van der Waals surface area contributed by atoms with Gasteiger partial charge in [-0.05, 0) is 55.8 Å². The van der Waals surface area contributed by atoms with Gasteiger partial charge in [-0.3, -0.25) is 9.59 Å². The van der Waals surface area contributed by atoms with Crippen LogP contribution in [0.25, 0.3) is 17.0 Å². The molecule has 0 fully saturated rings. The van der Waals surface area contributed by atoms with E-state index in [-0.39, 0.29) is 24.1 Å². The summed E-state index contributed by atoms with van der Waals surface area (Å²) in [5.41, 5.74) is 3.30. The zero-order valence-corrected chi connectivity index (χ0v) is 23.8. The number of likely N-dealkylation sites (N-methyl/N-ethyl adjacent to an activating group) is 1. The molecule has 2 amide bonds. The fourth-order valence-corrected chi connectivity index (χ4v) is 4.44. The van der Waals surface area contributed by atoms with Gasteiger partial charge in [-0.1, -0.05) is 41.4 Å². The lowest BCUT2D eigenvalue weighted by Gasteiger charge is -2.21. The van der Waals surface area contributed by atoms with Crippen molar-refractivity contribution in [2.75, 3.05) is 25.1 Å². The highest BCUT2D eigenvalue weighted by molar-refractivity contribution is 6.38. The topological polar surface area (TPSA) is 93.7 Å². The number of anilines is 1. The van der Waals surface area contributed by atoms with Gasteiger partial charge >= 0.3 is 0 Å². The Kier molecular flexibility index (Phi) is 9.58. The van der Waals surface area contributed by atoms with E-state index in [1.165, 1.54) is 11.0 Å². The van der Waals surface area contributed by atoms with Crippen LogP contribution in [0.1, 0.15) is 23.7 Å². The number of carbonyl (C=O) groups is 2. The predicted molar refractivity (Wildman–Crippen MR) is 158 cm³/mol. The third-order valence-corrected chi connectivity index (χ3v) is 6.76. The molecule has 0 saturated heterocycles. The minimum atomic E-state index is -0.425. The summed E-state index contributed by atoms with van der Waals surface area (Å²) in [4.78, 5) is 35.2. The van der Waals surface area contributed by atoms with Crippen LogP contribution >= 0.6 is 23.2 Å². The number of hydrogen-bond donors (Lipinski definition) is 1. The summed E-state index contributed by atoms with van der Waals surface area (Å²) < 4.78 is 11.4. The third-order valence-electron chi connectivity index (χ3n) is 5.99. The van der Waals surface area contributed by atoms with E-state index < -0.39 is 5.91 Å². The van der Waals surface area contributed by atoms with Crippen molar-refractivity contribution in [3.8, 4) is 11.6 Å². The number of ether oxygens (including phenoxy) is 2. The first kappa shape index (κ1) is 28.9. The number of fused-ring (bicyclic) bond motifs is 1. The lowest BCUT2D eigenvalue weighted by Crippen LogP contribution is -2.37. The average molecular weight is 579 g/mol. The third kappa shape index (κ3) is 7.08. The maximum atomic E-state index is 12.9. The molecule has 0 bridgehead atoms. The Labute approximate surface area is 242 Å². The fraction of sp³-hybridized carbons (Fsp3) is 0.200. The number of pyridine rings is 2. The first-order valence-electron chi connectivity index (χ1n) is 12.5. The molecule has 0 saturated carbocycles. The Morgan fingerprint density at radius 3 is 2.62 bits per heavy atom. The summed E-state index contributed by atoms with van der Waals surface area (Å²) in [5, 5.41) is 4.22. The summed E-state index contributed by atoms with van der Waals surface area (Å²) in [6, 6.07) is 16.4. The molecule has 0 aliphatic rings. The molecule has 4 rings (SSSR count). The smallest absolute Gasteiger partial charge is 0.246 e. The summed E-state index contributed by atoms with van der Waals surface area (Å²) >= 11 is 13.1. The average Bonchev–Trinajstić information content (AvgIpc) is 2.95. The normalized spacial score (nSPS) is 11.0. The number of nitrogens with one attached hydrogen (secondary N) is 1. The Balaban J connectivity index is 1.39. The van der Waals surface area contributed by atoms with Crippen molar-refractivity contribution in [3.05, 3.63) is 93.7 Å². The number of benzene rings is 2. The van der Waals surface area contributed by atoms with Gasteiger partial charge < -0.3 is 19.7 Å². The van der Waals surface area contributed by atoms with E-state index in [0.717, 1.165) is 22.2 Å². The minimum absolute atomic E-state index is 0.0736. The molecule has 0 atom stereocenters. The van der Waals surface area contributed by atoms with Crippen molar-refractivity contribution in [1.82, 2.24) is 15.3 Å². The van der Waals surface area contributed by atoms with Crippen molar-refractivity contribution in [3.63, 3.8) is 0 Å². The van der Waals surface area contributed by atoms with Crippen molar-refractivity contribution in [2.45, 2.75) is 20.5 Å². The van der Waals surface area contributed by atoms with E-state index in [4.69, 9.17) is 32.7 Å². The summed E-state index contributed by atoms with van der Waals surface area (Å²) in [5.74, 6) is 0.314. The highest BCUT2D eigenvalue weighted by atomic mass is 35.5. The predicted octanol–water partition coefficient (Wildman–Crippen LogP) is 6.02. The number of carbonyl (C=O) groups excluding carboxylic acids is 2. The SMILES string of the molecule is CCOc1ccc(/C=C/C(=O)NCC(=O)N(C)c2ccc(Cl)c(COc3cccc4ccc(C)nc34)c2Cl)cn1. The maximum Gasteiger partial charge on any atom is 0.246 e. The molecular formula is C30H28Cl2N4O4. The van der Waals surface area contributed by atoms with Gasteiger partial charge in [-0.2, -0.15) is 0 Å². The van der Waals surface area contributed by atoms with Crippen LogP contribution in [0.15, 0.2) is 66.9 Å². The van der Waals surface area contributed by atoms with E-state index >= 15 is 0 Å². The molecule has 4 aromatic rings. The number of halogens is 2. The van der Waals surface area contributed by atoms with E-state index in [1.54, 1.807) is 43.6 Å². The van der Waals surface area contributed by atoms with Crippen molar-refractivity contribution in [1.29, 1.82) is 0 Å². The number of hydrogen-bond acceptors (Lipinski definition) is 6. The standard InChI is InChI=1S/C30H28Cl2N4O4/c1-4-39-27-15-10-20(16-34-27)9-14-26(37)33-17-28(38)36(3)24-13-12-23(31)22(29(24)32)18-40-25-7-5-6-21-11-8-19(2)35-30(21)25/h5-16H,4,17-18H2,1-3H3,(H,33,37)/b14-9+. The molecule has 2 aromatic heterocycles. The van der Waals surface area contributed by atoms with Gasteiger partial charge in [0.25, 0.3) is 0 Å². The fourth-order valence-electron chi connectivity index (χ4n) is 3.83. The van der Waals surface area contributed by atoms with E-state index in [1.807, 2.05) is 44.2 Å². The highest BCUT2D eigenvalue weighted by Gasteiger charge is 2.19.